The molecule has 1 aromatic heterocycles. The summed E-state index contributed by atoms with van der Waals surface area (Å²) < 4.78 is 65.7. The van der Waals surface area contributed by atoms with Gasteiger partial charge in [0.05, 0.1) is 12.8 Å². The highest BCUT2D eigenvalue weighted by molar-refractivity contribution is 5.66. The molecule has 1 N–H and O–H groups in total. The molecule has 0 radical (unpaired) electrons. The minimum absolute atomic E-state index is 0.0347. The van der Waals surface area contributed by atoms with Crippen LogP contribution in [0.4, 0.5) is 13.2 Å². The summed E-state index contributed by atoms with van der Waals surface area (Å²) in [7, 11) is 0. The Balaban J connectivity index is 1.76. The van der Waals surface area contributed by atoms with Crippen molar-refractivity contribution in [2.45, 2.75) is 63.4 Å². The number of halogens is 3. The maximum Gasteiger partial charge on any atom is 0.303 e. The minimum Gasteiger partial charge on any atom is -0.457 e. The molecule has 2 saturated heterocycles. The molecule has 0 spiro atoms. The highest BCUT2D eigenvalue weighted by Gasteiger charge is 2.53. The summed E-state index contributed by atoms with van der Waals surface area (Å²) in [6.45, 7) is 4.81. The Morgan fingerprint density at radius 3 is 2.71 bits per heavy atom. The van der Waals surface area contributed by atoms with E-state index in [4.69, 9.17) is 24.2 Å². The fourth-order valence-corrected chi connectivity index (χ4v) is 4.17. The van der Waals surface area contributed by atoms with Crippen LogP contribution in [0.5, 0.6) is 0 Å². The Hall–Kier alpha value is -3.03. The van der Waals surface area contributed by atoms with Crippen molar-refractivity contribution in [3.63, 3.8) is 0 Å². The van der Waals surface area contributed by atoms with Crippen LogP contribution in [-0.4, -0.2) is 69.2 Å². The molecule has 3 heterocycles. The van der Waals surface area contributed by atoms with E-state index in [0.29, 0.717) is 0 Å². The molecular formula is C21H23F3N4O6. The first kappa shape index (κ1) is 24.1. The zero-order valence-corrected chi connectivity index (χ0v) is 18.5. The molecule has 2 aromatic rings. The van der Waals surface area contributed by atoms with Gasteiger partial charge in [0.25, 0.3) is 0 Å². The fraction of sp³-hybridized carbons (Fsp3) is 0.524. The Bertz CT molecular complexity index is 1070. The molecule has 0 bridgehead atoms. The molecule has 5 atom stereocenters. The van der Waals surface area contributed by atoms with Crippen LogP contribution in [0.15, 0.2) is 23.5 Å². The first-order valence-electron chi connectivity index (χ1n) is 10.5. The van der Waals surface area contributed by atoms with Crippen molar-refractivity contribution in [2.24, 2.45) is 5.16 Å². The second-order valence-corrected chi connectivity index (χ2v) is 8.44. The average molecular weight is 484 g/mol. The number of oxime groups is 1. The Labute approximate surface area is 192 Å². The number of aromatic nitrogens is 3. The Morgan fingerprint density at radius 2 is 2.06 bits per heavy atom. The van der Waals surface area contributed by atoms with Crippen LogP contribution in [0.25, 0.3) is 11.3 Å². The Morgan fingerprint density at radius 1 is 1.35 bits per heavy atom. The van der Waals surface area contributed by atoms with Crippen molar-refractivity contribution >= 4 is 12.2 Å². The molecule has 10 nitrogen and oxygen atoms in total. The zero-order valence-electron chi connectivity index (χ0n) is 18.5. The quantitative estimate of drug-likeness (QED) is 0.226. The van der Waals surface area contributed by atoms with Gasteiger partial charge in [0.2, 0.25) is 0 Å². The van der Waals surface area contributed by atoms with E-state index < -0.39 is 59.7 Å². The molecule has 1 aromatic carbocycles. The highest BCUT2D eigenvalue weighted by atomic mass is 19.2. The number of fused-ring (bicyclic) bond motifs is 1. The minimum atomic E-state index is -1.59. The molecule has 0 saturated carbocycles. The van der Waals surface area contributed by atoms with E-state index >= 15 is 0 Å². The molecule has 0 aliphatic carbocycles. The van der Waals surface area contributed by atoms with E-state index in [1.807, 2.05) is 0 Å². The van der Waals surface area contributed by atoms with Crippen molar-refractivity contribution in [1.82, 2.24) is 15.0 Å². The van der Waals surface area contributed by atoms with Gasteiger partial charge in [-0.25, -0.2) is 17.9 Å². The van der Waals surface area contributed by atoms with Crippen molar-refractivity contribution in [3.05, 3.63) is 35.8 Å². The van der Waals surface area contributed by atoms with Crippen LogP contribution in [0, 0.1) is 17.5 Å². The van der Waals surface area contributed by atoms with E-state index in [0.717, 1.165) is 12.1 Å². The van der Waals surface area contributed by atoms with Gasteiger partial charge >= 0.3 is 5.97 Å². The predicted molar refractivity (Wildman–Crippen MR) is 108 cm³/mol. The monoisotopic (exact) mass is 484 g/mol. The summed E-state index contributed by atoms with van der Waals surface area (Å²) in [5, 5.41) is 19.9. The SMILES string of the molecule is CC(=O)O[C@@H]1[C@@H](n2cc(-c3cc(F)c(F)c(F)c3)nn2)[C@H]2OC(C)(C)OC[C@H]2O[C@@H]1CC=NO. The smallest absolute Gasteiger partial charge is 0.303 e. The lowest BCUT2D eigenvalue weighted by Gasteiger charge is -2.50. The maximum atomic E-state index is 13.8. The van der Waals surface area contributed by atoms with Gasteiger partial charge in [-0.15, -0.1) is 10.3 Å². The summed E-state index contributed by atoms with van der Waals surface area (Å²) >= 11 is 0. The number of nitrogens with zero attached hydrogens (tertiary/aromatic N) is 4. The predicted octanol–water partition coefficient (Wildman–Crippen LogP) is 2.60. The summed E-state index contributed by atoms with van der Waals surface area (Å²) in [5.41, 5.74) is 0.0229. The third-order valence-corrected chi connectivity index (χ3v) is 5.59. The van der Waals surface area contributed by atoms with E-state index in [-0.39, 0.29) is 24.3 Å². The number of carbonyl (C=O) groups excluding carboxylic acids is 1. The van der Waals surface area contributed by atoms with E-state index in [1.165, 1.54) is 24.0 Å². The molecule has 2 fully saturated rings. The summed E-state index contributed by atoms with van der Waals surface area (Å²) in [6.07, 6.45) is -0.354. The zero-order chi connectivity index (χ0) is 24.6. The second-order valence-electron chi connectivity index (χ2n) is 8.44. The molecule has 2 aliphatic rings. The first-order valence-corrected chi connectivity index (χ1v) is 10.5. The van der Waals surface area contributed by atoms with E-state index in [2.05, 4.69) is 15.5 Å². The highest BCUT2D eigenvalue weighted by Crippen LogP contribution is 2.40. The lowest BCUT2D eigenvalue weighted by Crippen LogP contribution is -2.62. The lowest BCUT2D eigenvalue weighted by atomic mass is 9.90. The summed E-state index contributed by atoms with van der Waals surface area (Å²) in [6, 6.07) is 0.814. The second kappa shape index (κ2) is 9.31. The largest absolute Gasteiger partial charge is 0.457 e. The van der Waals surface area contributed by atoms with Crippen LogP contribution in [-0.2, 0) is 23.7 Å². The third kappa shape index (κ3) is 4.76. The van der Waals surface area contributed by atoms with Crippen LogP contribution in [0.1, 0.15) is 33.2 Å². The number of esters is 1. The van der Waals surface area contributed by atoms with Crippen LogP contribution >= 0.6 is 0 Å². The lowest BCUT2D eigenvalue weighted by molar-refractivity contribution is -0.348. The van der Waals surface area contributed by atoms with Gasteiger partial charge in [0.1, 0.15) is 30.0 Å². The van der Waals surface area contributed by atoms with Crippen molar-refractivity contribution < 1.29 is 42.1 Å². The van der Waals surface area contributed by atoms with Gasteiger partial charge < -0.3 is 24.2 Å². The van der Waals surface area contributed by atoms with E-state index in [9.17, 15) is 18.0 Å². The fourth-order valence-electron chi connectivity index (χ4n) is 4.17. The Kier molecular flexibility index (Phi) is 6.60. The van der Waals surface area contributed by atoms with Crippen molar-refractivity contribution in [2.75, 3.05) is 6.61 Å². The van der Waals surface area contributed by atoms with Crippen molar-refractivity contribution in [1.29, 1.82) is 0 Å². The van der Waals surface area contributed by atoms with Crippen LogP contribution in [0.2, 0.25) is 0 Å². The molecule has 184 valence electrons. The first-order chi connectivity index (χ1) is 16.1. The van der Waals surface area contributed by atoms with E-state index in [1.54, 1.807) is 13.8 Å². The number of rotatable bonds is 5. The molecule has 0 amide bonds. The number of hydrogen-bond donors (Lipinski definition) is 1. The van der Waals surface area contributed by atoms with Crippen LogP contribution < -0.4 is 0 Å². The standard InChI is InChI=1S/C21H23F3N4O6/c1-10(29)32-19-15(4-5-25-30)33-16-9-31-21(2,3)34-20(16)18(19)28-8-14(26-27-28)11-6-12(22)17(24)13(23)7-11/h5-8,15-16,18-20,30H,4,9H2,1-3H3/t15-,16-,18-,19+,20+/m1/s1. The number of carbonyl (C=O) groups is 1. The average Bonchev–Trinajstić information content (AvgIpc) is 3.24. The maximum absolute atomic E-state index is 13.8. The molecule has 34 heavy (non-hydrogen) atoms. The topological polar surface area (TPSA) is 117 Å². The number of ether oxygens (including phenoxy) is 4. The number of hydrogen-bond acceptors (Lipinski definition) is 9. The van der Waals surface area contributed by atoms with Crippen LogP contribution in [0.3, 0.4) is 0 Å². The number of benzene rings is 1. The van der Waals surface area contributed by atoms with Gasteiger partial charge in [0, 0.05) is 25.1 Å². The summed E-state index contributed by atoms with van der Waals surface area (Å²) in [5.74, 6) is -5.92. The molecule has 4 rings (SSSR count). The van der Waals surface area contributed by atoms with Crippen molar-refractivity contribution in [3.8, 4) is 11.3 Å². The van der Waals surface area contributed by atoms with Gasteiger partial charge in [-0.1, -0.05) is 5.21 Å². The van der Waals surface area contributed by atoms with Gasteiger partial charge in [0.15, 0.2) is 29.3 Å². The normalized spacial score (nSPS) is 28.6. The molecule has 0 unspecified atom stereocenters. The molecular weight excluding hydrogens is 461 g/mol. The molecule has 2 aliphatic heterocycles. The van der Waals surface area contributed by atoms with Gasteiger partial charge in [-0.05, 0) is 26.0 Å². The summed E-state index contributed by atoms with van der Waals surface area (Å²) in [4.78, 5) is 11.9. The van der Waals surface area contributed by atoms with Gasteiger partial charge in [-0.2, -0.15) is 0 Å². The third-order valence-electron chi connectivity index (χ3n) is 5.59. The van der Waals surface area contributed by atoms with Gasteiger partial charge in [-0.3, -0.25) is 4.79 Å². The molecule has 13 heteroatoms.